The zero-order valence-corrected chi connectivity index (χ0v) is 9.06. The monoisotopic (exact) mass is 225 g/mol. The van der Waals surface area contributed by atoms with E-state index in [0.717, 1.165) is 4.88 Å². The van der Waals surface area contributed by atoms with Gasteiger partial charge in [0.25, 0.3) is 5.91 Å². The highest BCUT2D eigenvalue weighted by Crippen LogP contribution is 2.36. The minimum absolute atomic E-state index is 0.284. The van der Waals surface area contributed by atoms with Gasteiger partial charge in [0.2, 0.25) is 0 Å². The van der Waals surface area contributed by atoms with Gasteiger partial charge in [-0.2, -0.15) is 0 Å². The number of thiophene rings is 1. The molecule has 1 aliphatic carbocycles. The molecular weight excluding hydrogens is 214 g/mol. The average Bonchev–Trinajstić information content (AvgIpc) is 2.82. The molecule has 1 saturated carbocycles. The van der Waals surface area contributed by atoms with Crippen molar-refractivity contribution < 1.29 is 14.7 Å². The van der Waals surface area contributed by atoms with Crippen LogP contribution in [-0.4, -0.2) is 22.5 Å². The Kier molecular flexibility index (Phi) is 2.26. The summed E-state index contributed by atoms with van der Waals surface area (Å²) in [5, 5.41) is 11.5. The number of rotatable bonds is 3. The number of amides is 1. The van der Waals surface area contributed by atoms with Gasteiger partial charge >= 0.3 is 5.97 Å². The van der Waals surface area contributed by atoms with E-state index in [9.17, 15) is 9.59 Å². The van der Waals surface area contributed by atoms with Crippen LogP contribution in [0.15, 0.2) is 12.1 Å². The third kappa shape index (κ3) is 1.87. The standard InChI is InChI=1S/C10H11NO3S/c1-6-2-3-7(15-6)8(12)11-10(4-5-10)9(13)14/h2-3H,4-5H2,1H3,(H,11,12)(H,13,14). The average molecular weight is 225 g/mol. The second-order valence-electron chi connectivity index (χ2n) is 3.75. The van der Waals surface area contributed by atoms with Gasteiger partial charge in [0, 0.05) is 4.88 Å². The van der Waals surface area contributed by atoms with Crippen molar-refractivity contribution in [1.29, 1.82) is 0 Å². The molecule has 1 aliphatic rings. The highest BCUT2D eigenvalue weighted by atomic mass is 32.1. The van der Waals surface area contributed by atoms with E-state index < -0.39 is 11.5 Å². The van der Waals surface area contributed by atoms with Gasteiger partial charge in [-0.15, -0.1) is 11.3 Å². The van der Waals surface area contributed by atoms with Crippen LogP contribution >= 0.6 is 11.3 Å². The molecule has 15 heavy (non-hydrogen) atoms. The number of hydrogen-bond acceptors (Lipinski definition) is 3. The molecule has 0 spiro atoms. The van der Waals surface area contributed by atoms with Crippen molar-refractivity contribution in [3.8, 4) is 0 Å². The maximum absolute atomic E-state index is 11.7. The molecule has 2 N–H and O–H groups in total. The Morgan fingerprint density at radius 3 is 2.53 bits per heavy atom. The summed E-state index contributed by atoms with van der Waals surface area (Å²) >= 11 is 1.37. The highest BCUT2D eigenvalue weighted by molar-refractivity contribution is 7.13. The molecular formula is C10H11NO3S. The summed E-state index contributed by atoms with van der Waals surface area (Å²) < 4.78 is 0. The second-order valence-corrected chi connectivity index (χ2v) is 5.04. The fraction of sp³-hybridized carbons (Fsp3) is 0.400. The molecule has 0 unspecified atom stereocenters. The van der Waals surface area contributed by atoms with Crippen molar-refractivity contribution in [3.05, 3.63) is 21.9 Å². The number of aliphatic carboxylic acids is 1. The van der Waals surface area contributed by atoms with Crippen molar-refractivity contribution >= 4 is 23.2 Å². The Bertz CT molecular complexity index is 420. The molecule has 80 valence electrons. The molecule has 1 aromatic rings. The molecule has 1 aromatic heterocycles. The number of carbonyl (C=O) groups excluding carboxylic acids is 1. The van der Waals surface area contributed by atoms with Gasteiger partial charge < -0.3 is 10.4 Å². The fourth-order valence-electron chi connectivity index (χ4n) is 1.35. The third-order valence-electron chi connectivity index (χ3n) is 2.48. The van der Waals surface area contributed by atoms with Crippen LogP contribution in [-0.2, 0) is 4.79 Å². The number of aryl methyl sites for hydroxylation is 1. The van der Waals surface area contributed by atoms with Gasteiger partial charge in [-0.05, 0) is 31.9 Å². The maximum atomic E-state index is 11.7. The highest BCUT2D eigenvalue weighted by Gasteiger charge is 2.51. The fourth-order valence-corrected chi connectivity index (χ4v) is 2.12. The van der Waals surface area contributed by atoms with Gasteiger partial charge in [0.1, 0.15) is 5.54 Å². The van der Waals surface area contributed by atoms with E-state index in [2.05, 4.69) is 5.32 Å². The number of carbonyl (C=O) groups is 2. The molecule has 1 fully saturated rings. The number of carboxylic acid groups (broad SMARTS) is 1. The smallest absolute Gasteiger partial charge is 0.329 e. The minimum atomic E-state index is -0.991. The van der Waals surface area contributed by atoms with Crippen LogP contribution < -0.4 is 5.32 Å². The van der Waals surface area contributed by atoms with Crippen LogP contribution in [0, 0.1) is 6.92 Å². The zero-order valence-electron chi connectivity index (χ0n) is 8.24. The summed E-state index contributed by atoms with van der Waals surface area (Å²) in [6, 6.07) is 3.56. The summed E-state index contributed by atoms with van der Waals surface area (Å²) in [4.78, 5) is 24.1. The first-order chi connectivity index (χ1) is 7.03. The van der Waals surface area contributed by atoms with E-state index >= 15 is 0 Å². The van der Waals surface area contributed by atoms with E-state index in [0.29, 0.717) is 17.7 Å². The number of nitrogens with one attached hydrogen (secondary N) is 1. The summed E-state index contributed by atoms with van der Waals surface area (Å²) in [6.45, 7) is 1.91. The van der Waals surface area contributed by atoms with Crippen molar-refractivity contribution in [2.45, 2.75) is 25.3 Å². The Labute approximate surface area is 90.9 Å². The van der Waals surface area contributed by atoms with E-state index in [1.54, 1.807) is 6.07 Å². The van der Waals surface area contributed by atoms with Gasteiger partial charge in [-0.25, -0.2) is 4.79 Å². The lowest BCUT2D eigenvalue weighted by atomic mass is 10.2. The Hall–Kier alpha value is -1.36. The molecule has 2 rings (SSSR count). The molecule has 5 heteroatoms. The first-order valence-corrected chi connectivity index (χ1v) is 5.47. The number of hydrogen-bond donors (Lipinski definition) is 2. The molecule has 0 atom stereocenters. The van der Waals surface area contributed by atoms with E-state index in [1.165, 1.54) is 11.3 Å². The summed E-state index contributed by atoms with van der Waals surface area (Å²) in [5.74, 6) is -1.22. The minimum Gasteiger partial charge on any atom is -0.480 e. The van der Waals surface area contributed by atoms with Crippen molar-refractivity contribution in [2.75, 3.05) is 0 Å². The Morgan fingerprint density at radius 1 is 1.47 bits per heavy atom. The number of carboxylic acids is 1. The lowest BCUT2D eigenvalue weighted by molar-refractivity contribution is -0.140. The van der Waals surface area contributed by atoms with Crippen LogP contribution in [0.5, 0.6) is 0 Å². The van der Waals surface area contributed by atoms with Crippen molar-refractivity contribution in [1.82, 2.24) is 5.32 Å². The predicted molar refractivity (Wildman–Crippen MR) is 56.1 cm³/mol. The van der Waals surface area contributed by atoms with Crippen molar-refractivity contribution in [2.24, 2.45) is 0 Å². The summed E-state index contributed by atoms with van der Waals surface area (Å²) in [7, 11) is 0. The van der Waals surface area contributed by atoms with Crippen LogP contribution in [0.1, 0.15) is 27.4 Å². The normalized spacial score (nSPS) is 17.1. The lowest BCUT2D eigenvalue weighted by Gasteiger charge is -2.10. The molecule has 0 aliphatic heterocycles. The molecule has 4 nitrogen and oxygen atoms in total. The largest absolute Gasteiger partial charge is 0.480 e. The first kappa shape index (κ1) is 10.2. The predicted octanol–water partition coefficient (Wildman–Crippen LogP) is 1.40. The van der Waals surface area contributed by atoms with Gasteiger partial charge in [0.05, 0.1) is 4.88 Å². The zero-order chi connectivity index (χ0) is 11.1. The third-order valence-corrected chi connectivity index (χ3v) is 3.48. The Balaban J connectivity index is 2.08. The maximum Gasteiger partial charge on any atom is 0.329 e. The SMILES string of the molecule is Cc1ccc(C(=O)NC2(C(=O)O)CC2)s1. The van der Waals surface area contributed by atoms with Gasteiger partial charge in [-0.3, -0.25) is 4.79 Å². The van der Waals surface area contributed by atoms with Gasteiger partial charge in [-0.1, -0.05) is 0 Å². The quantitative estimate of drug-likeness (QED) is 0.817. The molecule has 0 saturated heterocycles. The van der Waals surface area contributed by atoms with Crippen LogP contribution in [0.25, 0.3) is 0 Å². The van der Waals surface area contributed by atoms with E-state index in [4.69, 9.17) is 5.11 Å². The summed E-state index contributed by atoms with van der Waals surface area (Å²) in [6.07, 6.45) is 1.05. The molecule has 0 radical (unpaired) electrons. The summed E-state index contributed by atoms with van der Waals surface area (Å²) in [5.41, 5.74) is -0.991. The van der Waals surface area contributed by atoms with Crippen LogP contribution in [0.3, 0.4) is 0 Å². The topological polar surface area (TPSA) is 66.4 Å². The van der Waals surface area contributed by atoms with Gasteiger partial charge in [0.15, 0.2) is 0 Å². The molecule has 1 heterocycles. The van der Waals surface area contributed by atoms with Crippen LogP contribution in [0.4, 0.5) is 0 Å². The van der Waals surface area contributed by atoms with E-state index in [1.807, 2.05) is 13.0 Å². The van der Waals surface area contributed by atoms with Crippen molar-refractivity contribution in [3.63, 3.8) is 0 Å². The Morgan fingerprint density at radius 2 is 2.13 bits per heavy atom. The molecule has 0 bridgehead atoms. The first-order valence-electron chi connectivity index (χ1n) is 4.66. The lowest BCUT2D eigenvalue weighted by Crippen LogP contribution is -2.42. The molecule has 1 amide bonds. The second kappa shape index (κ2) is 3.34. The van der Waals surface area contributed by atoms with E-state index in [-0.39, 0.29) is 5.91 Å². The molecule has 0 aromatic carbocycles. The van der Waals surface area contributed by atoms with Crippen LogP contribution in [0.2, 0.25) is 0 Å².